The number of hydrogen-bond acceptors (Lipinski definition) is 4. The van der Waals surface area contributed by atoms with Crippen molar-refractivity contribution in [2.45, 2.75) is 0 Å². The highest BCUT2D eigenvalue weighted by Gasteiger charge is 2.20. The van der Waals surface area contributed by atoms with Crippen molar-refractivity contribution >= 4 is 12.2 Å². The normalized spacial score (nSPS) is 9.65. The first-order chi connectivity index (χ1) is 9.66. The molecular formula is C15H13NO4. The van der Waals surface area contributed by atoms with E-state index in [0.29, 0.717) is 11.5 Å². The number of imide groups is 1. The van der Waals surface area contributed by atoms with Gasteiger partial charge in [0, 0.05) is 7.05 Å². The molecule has 0 spiro atoms. The zero-order chi connectivity index (χ0) is 14.4. The monoisotopic (exact) mass is 271 g/mol. The maximum absolute atomic E-state index is 11.7. The Morgan fingerprint density at radius 1 is 0.750 bits per heavy atom. The Bertz CT molecular complexity index is 530. The number of hydrogen-bond donors (Lipinski definition) is 0. The highest BCUT2D eigenvalue weighted by Crippen LogP contribution is 2.12. The highest BCUT2D eigenvalue weighted by atomic mass is 16.6. The first-order valence-corrected chi connectivity index (χ1v) is 5.94. The smallest absolute Gasteiger partial charge is 0.410 e. The molecule has 5 nitrogen and oxygen atoms in total. The second-order valence-corrected chi connectivity index (χ2v) is 3.92. The first-order valence-electron chi connectivity index (χ1n) is 5.94. The lowest BCUT2D eigenvalue weighted by Crippen LogP contribution is -2.37. The number of amides is 2. The molecule has 0 atom stereocenters. The minimum Gasteiger partial charge on any atom is -0.410 e. The van der Waals surface area contributed by atoms with E-state index in [-0.39, 0.29) is 0 Å². The van der Waals surface area contributed by atoms with Crippen molar-refractivity contribution in [1.29, 1.82) is 0 Å². The van der Waals surface area contributed by atoms with Crippen LogP contribution in [0.3, 0.4) is 0 Å². The number of rotatable bonds is 2. The molecule has 0 aliphatic carbocycles. The third-order valence-electron chi connectivity index (χ3n) is 2.44. The second-order valence-electron chi connectivity index (χ2n) is 3.92. The molecule has 2 aromatic rings. The minimum absolute atomic E-state index is 0.358. The molecule has 0 saturated heterocycles. The average Bonchev–Trinajstić information content (AvgIpc) is 2.48. The summed E-state index contributed by atoms with van der Waals surface area (Å²) < 4.78 is 10.0. The van der Waals surface area contributed by atoms with Gasteiger partial charge >= 0.3 is 12.2 Å². The van der Waals surface area contributed by atoms with Gasteiger partial charge in [0.05, 0.1) is 0 Å². The van der Waals surface area contributed by atoms with Crippen LogP contribution in [0.5, 0.6) is 11.5 Å². The van der Waals surface area contributed by atoms with E-state index in [1.807, 2.05) is 0 Å². The summed E-state index contributed by atoms with van der Waals surface area (Å²) in [6, 6.07) is 17.0. The molecular weight excluding hydrogens is 258 g/mol. The highest BCUT2D eigenvalue weighted by molar-refractivity contribution is 5.89. The van der Waals surface area contributed by atoms with Crippen molar-refractivity contribution in [3.05, 3.63) is 60.7 Å². The van der Waals surface area contributed by atoms with Gasteiger partial charge in [-0.2, -0.15) is 0 Å². The van der Waals surface area contributed by atoms with Crippen LogP contribution in [0, 0.1) is 0 Å². The molecule has 2 rings (SSSR count). The Morgan fingerprint density at radius 3 is 1.45 bits per heavy atom. The lowest BCUT2D eigenvalue weighted by atomic mass is 10.3. The molecule has 2 aromatic carbocycles. The quantitative estimate of drug-likeness (QED) is 0.840. The molecule has 20 heavy (non-hydrogen) atoms. The standard InChI is InChI=1S/C15H13NO4/c1-16(14(17)19-12-8-4-2-5-9-12)15(18)20-13-10-6-3-7-11-13/h2-11H,1H3. The van der Waals surface area contributed by atoms with E-state index in [2.05, 4.69) is 0 Å². The van der Waals surface area contributed by atoms with E-state index in [9.17, 15) is 9.59 Å². The zero-order valence-electron chi connectivity index (χ0n) is 10.9. The maximum atomic E-state index is 11.7. The van der Waals surface area contributed by atoms with Crippen LogP contribution in [-0.4, -0.2) is 24.1 Å². The molecule has 0 heterocycles. The van der Waals surface area contributed by atoms with Crippen LogP contribution in [0.15, 0.2) is 60.7 Å². The summed E-state index contributed by atoms with van der Waals surface area (Å²) in [7, 11) is 1.29. The van der Waals surface area contributed by atoms with Gasteiger partial charge in [0.25, 0.3) is 0 Å². The van der Waals surface area contributed by atoms with Crippen molar-refractivity contribution in [2.75, 3.05) is 7.05 Å². The summed E-state index contributed by atoms with van der Waals surface area (Å²) in [5.74, 6) is 0.716. The Morgan fingerprint density at radius 2 is 1.10 bits per heavy atom. The summed E-state index contributed by atoms with van der Waals surface area (Å²) in [6.45, 7) is 0. The number of nitrogens with zero attached hydrogens (tertiary/aromatic N) is 1. The van der Waals surface area contributed by atoms with Gasteiger partial charge in [-0.05, 0) is 24.3 Å². The molecule has 0 saturated carbocycles. The fourth-order valence-corrected chi connectivity index (χ4v) is 1.39. The number of carbonyl (C=O) groups excluding carboxylic acids is 2. The lowest BCUT2D eigenvalue weighted by molar-refractivity contribution is 0.140. The minimum atomic E-state index is -0.808. The third kappa shape index (κ3) is 3.58. The van der Waals surface area contributed by atoms with E-state index >= 15 is 0 Å². The van der Waals surface area contributed by atoms with Crippen LogP contribution in [0.25, 0.3) is 0 Å². The van der Waals surface area contributed by atoms with Crippen LogP contribution in [0.2, 0.25) is 0 Å². The van der Waals surface area contributed by atoms with Gasteiger partial charge in [-0.15, -0.1) is 0 Å². The number of para-hydroxylation sites is 2. The Balaban J connectivity index is 1.95. The number of carbonyl (C=O) groups is 2. The van der Waals surface area contributed by atoms with Crippen LogP contribution in [-0.2, 0) is 0 Å². The van der Waals surface area contributed by atoms with Crippen LogP contribution < -0.4 is 9.47 Å². The molecule has 0 N–H and O–H groups in total. The van der Waals surface area contributed by atoms with E-state index in [0.717, 1.165) is 4.90 Å². The third-order valence-corrected chi connectivity index (χ3v) is 2.44. The van der Waals surface area contributed by atoms with Gasteiger partial charge in [-0.1, -0.05) is 36.4 Å². The second kappa shape index (κ2) is 6.38. The summed E-state index contributed by atoms with van der Waals surface area (Å²) in [5.41, 5.74) is 0. The largest absolute Gasteiger partial charge is 0.424 e. The van der Waals surface area contributed by atoms with E-state index in [1.54, 1.807) is 60.7 Å². The van der Waals surface area contributed by atoms with Crippen molar-refractivity contribution in [3.63, 3.8) is 0 Å². The molecule has 0 bridgehead atoms. The summed E-state index contributed by atoms with van der Waals surface area (Å²) in [6.07, 6.45) is -1.62. The molecule has 0 fully saturated rings. The summed E-state index contributed by atoms with van der Waals surface area (Å²) >= 11 is 0. The molecule has 0 aliphatic heterocycles. The van der Waals surface area contributed by atoms with E-state index in [1.165, 1.54) is 7.05 Å². The predicted molar refractivity (Wildman–Crippen MR) is 72.7 cm³/mol. The van der Waals surface area contributed by atoms with Gasteiger partial charge in [0.15, 0.2) is 0 Å². The number of ether oxygens (including phenoxy) is 2. The van der Waals surface area contributed by atoms with Crippen molar-refractivity contribution in [2.24, 2.45) is 0 Å². The van der Waals surface area contributed by atoms with Gasteiger partial charge in [0.2, 0.25) is 0 Å². The topological polar surface area (TPSA) is 55.8 Å². The van der Waals surface area contributed by atoms with Gasteiger partial charge in [-0.25, -0.2) is 14.5 Å². The molecule has 102 valence electrons. The Labute approximate surface area is 116 Å². The fraction of sp³-hybridized carbons (Fsp3) is 0.0667. The number of benzene rings is 2. The fourth-order valence-electron chi connectivity index (χ4n) is 1.39. The Hall–Kier alpha value is -2.82. The van der Waals surface area contributed by atoms with E-state index < -0.39 is 12.2 Å². The van der Waals surface area contributed by atoms with Crippen LogP contribution >= 0.6 is 0 Å². The molecule has 0 radical (unpaired) electrons. The zero-order valence-corrected chi connectivity index (χ0v) is 10.9. The average molecular weight is 271 g/mol. The molecule has 5 heteroatoms. The summed E-state index contributed by atoms with van der Waals surface area (Å²) in [4.78, 5) is 24.3. The van der Waals surface area contributed by atoms with Crippen LogP contribution in [0.1, 0.15) is 0 Å². The maximum Gasteiger partial charge on any atom is 0.424 e. The Kier molecular flexibility index (Phi) is 4.34. The van der Waals surface area contributed by atoms with E-state index in [4.69, 9.17) is 9.47 Å². The molecule has 0 aliphatic rings. The van der Waals surface area contributed by atoms with Gasteiger partial charge in [-0.3, -0.25) is 0 Å². The van der Waals surface area contributed by atoms with Crippen molar-refractivity contribution < 1.29 is 19.1 Å². The molecule has 0 aromatic heterocycles. The van der Waals surface area contributed by atoms with Crippen molar-refractivity contribution in [3.8, 4) is 11.5 Å². The molecule has 0 unspecified atom stereocenters. The first kappa shape index (κ1) is 13.6. The lowest BCUT2D eigenvalue weighted by Gasteiger charge is -2.14. The SMILES string of the molecule is CN(C(=O)Oc1ccccc1)C(=O)Oc1ccccc1. The summed E-state index contributed by atoms with van der Waals surface area (Å²) in [5, 5.41) is 0. The van der Waals surface area contributed by atoms with Gasteiger partial charge < -0.3 is 9.47 Å². The van der Waals surface area contributed by atoms with Crippen LogP contribution in [0.4, 0.5) is 9.59 Å². The van der Waals surface area contributed by atoms with Crippen molar-refractivity contribution in [1.82, 2.24) is 4.90 Å². The molecule has 2 amide bonds. The predicted octanol–water partition coefficient (Wildman–Crippen LogP) is 3.32. The van der Waals surface area contributed by atoms with Gasteiger partial charge in [0.1, 0.15) is 11.5 Å².